The van der Waals surface area contributed by atoms with E-state index in [-0.39, 0.29) is 22.7 Å². The number of ether oxygens (including phenoxy) is 4. The Hall–Kier alpha value is -2.90. The molecule has 6 heteroatoms. The van der Waals surface area contributed by atoms with Crippen LogP contribution in [-0.4, -0.2) is 35.9 Å². The molecule has 0 spiro atoms. The van der Waals surface area contributed by atoms with E-state index in [1.165, 1.54) is 0 Å². The summed E-state index contributed by atoms with van der Waals surface area (Å²) in [6, 6.07) is 40.8. The molecule has 220 valence electrons. The first-order valence-corrected chi connectivity index (χ1v) is 17.0. The molecule has 1 saturated heterocycles. The third-order valence-electron chi connectivity index (χ3n) is 7.60. The first-order valence-electron chi connectivity index (χ1n) is 14.3. The number of hydrogen-bond acceptors (Lipinski definition) is 4. The minimum atomic E-state index is -2.00. The van der Waals surface area contributed by atoms with Crippen molar-refractivity contribution in [1.29, 1.82) is 0 Å². The van der Waals surface area contributed by atoms with Crippen LogP contribution in [0, 0.1) is 0 Å². The zero-order chi connectivity index (χ0) is 29.0. The van der Waals surface area contributed by atoms with Crippen LogP contribution in [0.3, 0.4) is 0 Å². The molecule has 0 aliphatic carbocycles. The van der Waals surface area contributed by atoms with Crippen LogP contribution in [0.5, 0.6) is 0 Å². The lowest BCUT2D eigenvalue weighted by atomic mass is 10.1. The fourth-order valence-corrected chi connectivity index (χ4v) is 9.14. The Morgan fingerprint density at radius 2 is 0.833 bits per heavy atom. The molecule has 4 nitrogen and oxygen atoms in total. The van der Waals surface area contributed by atoms with Crippen molar-refractivity contribution >= 4 is 19.9 Å². The largest absolute Gasteiger partial charge is 0.376 e. The van der Waals surface area contributed by atoms with Crippen molar-refractivity contribution < 1.29 is 18.9 Å². The quantitative estimate of drug-likeness (QED) is 0.137. The number of rotatable bonds is 15. The van der Waals surface area contributed by atoms with Crippen LogP contribution in [0.25, 0.3) is 0 Å². The van der Waals surface area contributed by atoms with Gasteiger partial charge in [-0.05, 0) is 27.7 Å². The molecule has 0 amide bonds. The standard InChI is InChI=1S/C36H39ClO4S/c1-2-42(37)33(27-38-23-29-15-7-3-8-16-29)35(40-25-31-19-11-5-12-20-31)36(41-26-32-21-13-6-14-22-32)34(42)28-39-24-30-17-9-4-10-18-30/h2-22,33-36H,1,23-28H2/t33-,34-,35+,36+/m0/s1. The molecule has 5 rings (SSSR count). The van der Waals surface area contributed by atoms with Gasteiger partial charge >= 0.3 is 0 Å². The van der Waals surface area contributed by atoms with Gasteiger partial charge in [0.25, 0.3) is 0 Å². The summed E-state index contributed by atoms with van der Waals surface area (Å²) in [5.41, 5.74) is 4.43. The Bertz CT molecular complexity index is 1240. The van der Waals surface area contributed by atoms with Gasteiger partial charge in [0, 0.05) is 0 Å². The van der Waals surface area contributed by atoms with E-state index in [9.17, 15) is 0 Å². The third-order valence-corrected chi connectivity index (χ3v) is 12.5. The number of benzene rings is 4. The molecule has 1 fully saturated rings. The highest BCUT2D eigenvalue weighted by Gasteiger charge is 2.57. The molecular weight excluding hydrogens is 564 g/mol. The Labute approximate surface area is 256 Å². The van der Waals surface area contributed by atoms with E-state index in [2.05, 4.69) is 55.1 Å². The van der Waals surface area contributed by atoms with Crippen molar-refractivity contribution in [2.75, 3.05) is 13.2 Å². The summed E-state index contributed by atoms with van der Waals surface area (Å²) in [6.45, 7) is 6.99. The second-order valence-electron chi connectivity index (χ2n) is 10.4. The lowest BCUT2D eigenvalue weighted by Crippen LogP contribution is -2.40. The maximum absolute atomic E-state index is 7.65. The van der Waals surface area contributed by atoms with Crippen LogP contribution in [0.4, 0.5) is 0 Å². The van der Waals surface area contributed by atoms with Gasteiger partial charge in [-0.1, -0.05) is 139 Å². The van der Waals surface area contributed by atoms with Gasteiger partial charge in [0.2, 0.25) is 0 Å². The second-order valence-corrected chi connectivity index (χ2v) is 14.9. The molecule has 4 aromatic carbocycles. The van der Waals surface area contributed by atoms with Crippen LogP contribution < -0.4 is 0 Å². The molecule has 1 aliphatic heterocycles. The van der Waals surface area contributed by atoms with E-state index >= 15 is 0 Å². The fourth-order valence-electron chi connectivity index (χ4n) is 5.38. The molecule has 1 aliphatic rings. The average molecular weight is 603 g/mol. The highest BCUT2D eigenvalue weighted by atomic mass is 35.7. The SMILES string of the molecule is C=CS1(Cl)[C@@H](COCc2ccccc2)[C@@H](OCc2ccccc2)[C@H](OCc2ccccc2)[C@@H]1COCc1ccccc1. The van der Waals surface area contributed by atoms with Gasteiger partial charge in [0.15, 0.2) is 0 Å². The van der Waals surface area contributed by atoms with Gasteiger partial charge in [-0.15, -0.1) is 9.24 Å². The molecule has 1 heterocycles. The number of halogens is 1. The van der Waals surface area contributed by atoms with Crippen LogP contribution >= 0.6 is 19.9 Å². The van der Waals surface area contributed by atoms with Crippen LogP contribution in [0.2, 0.25) is 0 Å². The molecule has 4 atom stereocenters. The van der Waals surface area contributed by atoms with Gasteiger partial charge < -0.3 is 18.9 Å². The third kappa shape index (κ3) is 7.93. The van der Waals surface area contributed by atoms with Gasteiger partial charge in [-0.2, -0.15) is 0 Å². The monoisotopic (exact) mass is 602 g/mol. The van der Waals surface area contributed by atoms with Crippen LogP contribution in [-0.2, 0) is 45.4 Å². The van der Waals surface area contributed by atoms with Gasteiger partial charge in [-0.3, -0.25) is 0 Å². The molecule has 0 unspecified atom stereocenters. The Morgan fingerprint density at radius 3 is 1.14 bits per heavy atom. The van der Waals surface area contributed by atoms with E-state index in [0.29, 0.717) is 39.6 Å². The zero-order valence-corrected chi connectivity index (χ0v) is 25.4. The maximum Gasteiger partial charge on any atom is 0.0992 e. The van der Waals surface area contributed by atoms with Crippen molar-refractivity contribution in [2.45, 2.75) is 49.1 Å². The normalized spacial score (nSPS) is 25.1. The first kappa shape index (κ1) is 30.6. The van der Waals surface area contributed by atoms with Crippen LogP contribution in [0.1, 0.15) is 22.3 Å². The molecule has 0 N–H and O–H groups in total. The summed E-state index contributed by atoms with van der Waals surface area (Å²) in [6.07, 6.45) is -0.610. The van der Waals surface area contributed by atoms with Gasteiger partial charge in [-0.25, -0.2) is 0 Å². The Balaban J connectivity index is 1.40. The fraction of sp³-hybridized carbons (Fsp3) is 0.278. The van der Waals surface area contributed by atoms with E-state index in [0.717, 1.165) is 22.3 Å². The summed E-state index contributed by atoms with van der Waals surface area (Å²) < 4.78 is 26.1. The van der Waals surface area contributed by atoms with E-state index < -0.39 is 9.24 Å². The lowest BCUT2D eigenvalue weighted by molar-refractivity contribution is -0.0914. The van der Waals surface area contributed by atoms with Crippen molar-refractivity contribution in [2.24, 2.45) is 0 Å². The van der Waals surface area contributed by atoms with E-state index in [1.54, 1.807) is 0 Å². The highest BCUT2D eigenvalue weighted by molar-refractivity contribution is 8.54. The van der Waals surface area contributed by atoms with E-state index in [4.69, 9.17) is 29.6 Å². The van der Waals surface area contributed by atoms with Gasteiger partial charge in [0.1, 0.15) is 0 Å². The van der Waals surface area contributed by atoms with Crippen LogP contribution in [0.15, 0.2) is 133 Å². The molecule has 42 heavy (non-hydrogen) atoms. The van der Waals surface area contributed by atoms with Gasteiger partial charge in [0.05, 0.1) is 62.3 Å². The second kappa shape index (κ2) is 15.5. The molecule has 4 aromatic rings. The minimum Gasteiger partial charge on any atom is -0.376 e. The Morgan fingerprint density at radius 1 is 0.524 bits per heavy atom. The van der Waals surface area contributed by atoms with Crippen molar-refractivity contribution in [3.8, 4) is 0 Å². The van der Waals surface area contributed by atoms with Crippen molar-refractivity contribution in [3.63, 3.8) is 0 Å². The zero-order valence-electron chi connectivity index (χ0n) is 23.8. The molecular formula is C36H39ClO4S. The summed E-state index contributed by atoms with van der Waals surface area (Å²) in [5, 5.41) is 1.66. The lowest BCUT2D eigenvalue weighted by Gasteiger charge is -2.37. The van der Waals surface area contributed by atoms with E-state index in [1.807, 2.05) is 78.2 Å². The maximum atomic E-state index is 7.65. The molecule has 0 aromatic heterocycles. The highest BCUT2D eigenvalue weighted by Crippen LogP contribution is 2.70. The minimum absolute atomic E-state index is 0.129. The van der Waals surface area contributed by atoms with Crippen molar-refractivity contribution in [3.05, 3.63) is 156 Å². The molecule has 0 saturated carbocycles. The summed E-state index contributed by atoms with van der Waals surface area (Å²) in [4.78, 5) is 0. The first-order chi connectivity index (χ1) is 20.7. The predicted octanol–water partition coefficient (Wildman–Crippen LogP) is 8.44. The Kier molecular flexibility index (Phi) is 11.3. The average Bonchev–Trinajstić information content (AvgIpc) is 3.27. The smallest absolute Gasteiger partial charge is 0.0992 e. The molecule has 0 radical (unpaired) electrons. The molecule has 0 bridgehead atoms. The van der Waals surface area contributed by atoms with Crippen molar-refractivity contribution in [1.82, 2.24) is 0 Å². The topological polar surface area (TPSA) is 36.9 Å². The summed E-state index contributed by atoms with van der Waals surface area (Å²) in [5.74, 6) is 0. The summed E-state index contributed by atoms with van der Waals surface area (Å²) >= 11 is 0. The number of hydrogen-bond donors (Lipinski definition) is 0. The summed E-state index contributed by atoms with van der Waals surface area (Å²) in [7, 11) is 5.65. The predicted molar refractivity (Wildman–Crippen MR) is 173 cm³/mol.